The molecule has 2 N–H and O–H groups in total. The molecule has 0 aliphatic carbocycles. The van der Waals surface area contributed by atoms with E-state index in [0.29, 0.717) is 22.9 Å². The highest BCUT2D eigenvalue weighted by molar-refractivity contribution is 6.30. The van der Waals surface area contributed by atoms with Crippen molar-refractivity contribution >= 4 is 29.6 Å². The summed E-state index contributed by atoms with van der Waals surface area (Å²) < 4.78 is 5.44. The van der Waals surface area contributed by atoms with Gasteiger partial charge in [-0.15, -0.1) is 0 Å². The minimum Gasteiger partial charge on any atom is -0.493 e. The van der Waals surface area contributed by atoms with E-state index in [1.54, 1.807) is 18.2 Å². The first-order valence-electron chi connectivity index (χ1n) is 6.77. The maximum atomic E-state index is 11.6. The first-order chi connectivity index (χ1) is 10.9. The van der Waals surface area contributed by atoms with Crippen molar-refractivity contribution in [3.05, 3.63) is 45.0 Å². The van der Waals surface area contributed by atoms with Crippen LogP contribution in [0.2, 0.25) is 5.02 Å². The number of nitrogens with one attached hydrogen (secondary N) is 2. The van der Waals surface area contributed by atoms with Crippen LogP contribution in [-0.4, -0.2) is 35.6 Å². The van der Waals surface area contributed by atoms with Crippen molar-refractivity contribution in [3.8, 4) is 5.75 Å². The van der Waals surface area contributed by atoms with Gasteiger partial charge in [0.25, 0.3) is 0 Å². The number of nitro groups is 1. The molecular weight excluding hydrogens is 326 g/mol. The number of ether oxygens (including phenoxy) is 1. The average Bonchev–Trinajstić information content (AvgIpc) is 2.46. The normalized spacial score (nSPS) is 21.0. The van der Waals surface area contributed by atoms with E-state index in [1.807, 2.05) is 12.2 Å². The molecule has 1 heterocycles. The zero-order valence-corrected chi connectivity index (χ0v) is 12.9. The fraction of sp³-hybridized carbons (Fsp3) is 0.286. The SMILES string of the molecule is CCOc1ccc(Cl)cc1/C=C/C1NC(=O)NC(=O)C1[N+](=O)[O-]. The lowest BCUT2D eigenvalue weighted by atomic mass is 10.0. The molecule has 3 amide bonds. The molecule has 0 aromatic heterocycles. The molecule has 9 heteroatoms. The Morgan fingerprint density at radius 2 is 2.17 bits per heavy atom. The highest BCUT2D eigenvalue weighted by Gasteiger charge is 2.43. The van der Waals surface area contributed by atoms with Gasteiger partial charge in [0.05, 0.1) is 6.61 Å². The molecule has 1 aliphatic heterocycles. The molecule has 1 aromatic rings. The highest BCUT2D eigenvalue weighted by atomic mass is 35.5. The number of urea groups is 1. The molecule has 0 spiro atoms. The Kier molecular flexibility index (Phi) is 5.17. The van der Waals surface area contributed by atoms with Gasteiger partial charge in [0.15, 0.2) is 0 Å². The fourth-order valence-corrected chi connectivity index (χ4v) is 2.32. The summed E-state index contributed by atoms with van der Waals surface area (Å²) in [5.41, 5.74) is 0.585. The Balaban J connectivity index is 2.30. The fourth-order valence-electron chi connectivity index (χ4n) is 2.14. The first-order valence-corrected chi connectivity index (χ1v) is 7.15. The van der Waals surface area contributed by atoms with E-state index in [4.69, 9.17) is 16.3 Å². The van der Waals surface area contributed by atoms with E-state index in [0.717, 1.165) is 0 Å². The summed E-state index contributed by atoms with van der Waals surface area (Å²) in [5.74, 6) is -0.415. The quantitative estimate of drug-likeness (QED) is 0.625. The van der Waals surface area contributed by atoms with E-state index < -0.39 is 28.9 Å². The molecule has 0 bridgehead atoms. The lowest BCUT2D eigenvalue weighted by Gasteiger charge is -2.23. The second kappa shape index (κ2) is 7.10. The van der Waals surface area contributed by atoms with E-state index in [-0.39, 0.29) is 0 Å². The van der Waals surface area contributed by atoms with Gasteiger partial charge in [-0.25, -0.2) is 4.79 Å². The largest absolute Gasteiger partial charge is 0.493 e. The molecule has 8 nitrogen and oxygen atoms in total. The van der Waals surface area contributed by atoms with Crippen LogP contribution in [0.5, 0.6) is 5.75 Å². The summed E-state index contributed by atoms with van der Waals surface area (Å²) in [5, 5.41) is 15.7. The third-order valence-electron chi connectivity index (χ3n) is 3.13. The Hall–Kier alpha value is -2.61. The van der Waals surface area contributed by atoms with Crippen LogP contribution < -0.4 is 15.4 Å². The lowest BCUT2D eigenvalue weighted by Crippen LogP contribution is -2.62. The Morgan fingerprint density at radius 1 is 1.43 bits per heavy atom. The van der Waals surface area contributed by atoms with Crippen LogP contribution in [0.15, 0.2) is 24.3 Å². The van der Waals surface area contributed by atoms with Crippen molar-refractivity contribution in [1.82, 2.24) is 10.6 Å². The average molecular weight is 340 g/mol. The van der Waals surface area contributed by atoms with Crippen LogP contribution in [-0.2, 0) is 4.79 Å². The third kappa shape index (κ3) is 3.98. The number of nitrogens with zero attached hydrogens (tertiary/aromatic N) is 1. The number of carbonyl (C=O) groups excluding carboxylic acids is 2. The second-order valence-corrected chi connectivity index (χ2v) is 5.13. The van der Waals surface area contributed by atoms with Crippen molar-refractivity contribution in [2.24, 2.45) is 0 Å². The predicted octanol–water partition coefficient (Wildman–Crippen LogP) is 1.61. The molecule has 1 aromatic carbocycles. The smallest absolute Gasteiger partial charge is 0.322 e. The van der Waals surface area contributed by atoms with Crippen LogP contribution >= 0.6 is 11.6 Å². The van der Waals surface area contributed by atoms with Crippen molar-refractivity contribution in [1.29, 1.82) is 0 Å². The topological polar surface area (TPSA) is 111 Å². The Labute approximate surface area is 136 Å². The molecule has 1 saturated heterocycles. The molecule has 122 valence electrons. The van der Waals surface area contributed by atoms with Crippen molar-refractivity contribution < 1.29 is 19.2 Å². The minimum atomic E-state index is -1.60. The van der Waals surface area contributed by atoms with Gasteiger partial charge in [-0.3, -0.25) is 20.2 Å². The van der Waals surface area contributed by atoms with Crippen molar-refractivity contribution in [2.75, 3.05) is 6.61 Å². The van der Waals surface area contributed by atoms with Gasteiger partial charge in [0.2, 0.25) is 0 Å². The van der Waals surface area contributed by atoms with E-state index in [1.165, 1.54) is 12.2 Å². The molecule has 2 rings (SSSR count). The summed E-state index contributed by atoms with van der Waals surface area (Å²) in [6.07, 6.45) is 2.90. The monoisotopic (exact) mass is 339 g/mol. The summed E-state index contributed by atoms with van der Waals surface area (Å²) in [6.45, 7) is 2.25. The van der Waals surface area contributed by atoms with Crippen LogP contribution in [0.1, 0.15) is 12.5 Å². The van der Waals surface area contributed by atoms with Gasteiger partial charge >= 0.3 is 18.0 Å². The summed E-state index contributed by atoms with van der Waals surface area (Å²) in [7, 11) is 0. The minimum absolute atomic E-state index is 0.433. The van der Waals surface area contributed by atoms with Crippen LogP contribution in [0.3, 0.4) is 0 Å². The standard InChI is InChI=1S/C14H14ClN3O5/c1-2-23-11-6-4-9(15)7-8(11)3-5-10-12(18(21)22)13(19)17-14(20)16-10/h3-7,10,12H,2H2,1H3,(H2,16,17,19,20)/b5-3+. The van der Waals surface area contributed by atoms with Gasteiger partial charge in [0, 0.05) is 15.5 Å². The summed E-state index contributed by atoms with van der Waals surface area (Å²) in [6, 6.07) is 1.49. The molecule has 0 saturated carbocycles. The molecule has 1 fully saturated rings. The second-order valence-electron chi connectivity index (χ2n) is 4.69. The van der Waals surface area contributed by atoms with Gasteiger partial charge in [-0.1, -0.05) is 23.8 Å². The first kappa shape index (κ1) is 16.8. The van der Waals surface area contributed by atoms with Gasteiger partial charge in [0.1, 0.15) is 11.8 Å². The maximum Gasteiger partial charge on any atom is 0.322 e. The van der Waals surface area contributed by atoms with Gasteiger partial charge in [-0.05, 0) is 25.1 Å². The molecule has 23 heavy (non-hydrogen) atoms. The summed E-state index contributed by atoms with van der Waals surface area (Å²) >= 11 is 5.93. The van der Waals surface area contributed by atoms with E-state index in [2.05, 4.69) is 5.32 Å². The molecule has 0 radical (unpaired) electrons. The zero-order valence-electron chi connectivity index (χ0n) is 12.1. The van der Waals surface area contributed by atoms with Gasteiger partial charge in [-0.2, -0.15) is 0 Å². The number of hydrogen-bond donors (Lipinski definition) is 2. The third-order valence-corrected chi connectivity index (χ3v) is 3.36. The van der Waals surface area contributed by atoms with Crippen LogP contribution in [0.4, 0.5) is 4.79 Å². The Morgan fingerprint density at radius 3 is 2.83 bits per heavy atom. The van der Waals surface area contributed by atoms with E-state index in [9.17, 15) is 19.7 Å². The number of carbonyl (C=O) groups is 2. The number of imide groups is 1. The lowest BCUT2D eigenvalue weighted by molar-refractivity contribution is -0.510. The van der Waals surface area contributed by atoms with Crippen molar-refractivity contribution in [2.45, 2.75) is 19.0 Å². The zero-order chi connectivity index (χ0) is 17.0. The molecule has 2 unspecified atom stereocenters. The predicted molar refractivity (Wildman–Crippen MR) is 82.9 cm³/mol. The highest BCUT2D eigenvalue weighted by Crippen LogP contribution is 2.24. The molecule has 1 aliphatic rings. The Bertz CT molecular complexity index is 676. The number of hydrogen-bond acceptors (Lipinski definition) is 5. The van der Waals surface area contributed by atoms with Crippen LogP contribution in [0, 0.1) is 10.1 Å². The maximum absolute atomic E-state index is 11.6. The van der Waals surface area contributed by atoms with Gasteiger partial charge < -0.3 is 10.1 Å². The molecule has 2 atom stereocenters. The number of benzene rings is 1. The number of rotatable bonds is 5. The summed E-state index contributed by atoms with van der Waals surface area (Å²) in [4.78, 5) is 33.2. The van der Waals surface area contributed by atoms with Crippen LogP contribution in [0.25, 0.3) is 6.08 Å². The van der Waals surface area contributed by atoms with E-state index >= 15 is 0 Å². The molecular formula is C14H14ClN3O5. The number of halogens is 1. The van der Waals surface area contributed by atoms with Crippen molar-refractivity contribution in [3.63, 3.8) is 0 Å². The number of amides is 3.